The Morgan fingerprint density at radius 3 is 2.64 bits per heavy atom. The number of amides is 2. The lowest BCUT2D eigenvalue weighted by atomic mass is 9.89. The minimum Gasteiger partial charge on any atom is -0.467 e. The first kappa shape index (κ1) is 18.0. The van der Waals surface area contributed by atoms with Crippen molar-refractivity contribution >= 4 is 18.0 Å². The minimum atomic E-state index is -0.948. The van der Waals surface area contributed by atoms with Crippen LogP contribution in [-0.2, 0) is 19.1 Å². The van der Waals surface area contributed by atoms with Gasteiger partial charge in [0.05, 0.1) is 7.11 Å². The van der Waals surface area contributed by atoms with Gasteiger partial charge < -0.3 is 20.1 Å². The number of rotatable bonds is 5. The molecule has 0 aromatic carbocycles. The second kappa shape index (κ2) is 7.29. The van der Waals surface area contributed by atoms with Crippen LogP contribution in [0, 0.1) is 11.8 Å². The molecule has 1 aliphatic heterocycles. The van der Waals surface area contributed by atoms with Crippen LogP contribution in [0.5, 0.6) is 0 Å². The Balaban J connectivity index is 2.77. The molecule has 0 spiro atoms. The summed E-state index contributed by atoms with van der Waals surface area (Å²) in [5.74, 6) is -1.30. The molecule has 7 heteroatoms. The van der Waals surface area contributed by atoms with Crippen molar-refractivity contribution in [3.8, 4) is 0 Å². The van der Waals surface area contributed by atoms with Crippen LogP contribution in [-0.4, -0.2) is 43.3 Å². The van der Waals surface area contributed by atoms with Crippen LogP contribution in [0.1, 0.15) is 27.2 Å². The number of methoxy groups -OCH3 is 1. The van der Waals surface area contributed by atoms with Crippen LogP contribution >= 0.6 is 0 Å². The molecule has 124 valence electrons. The van der Waals surface area contributed by atoms with Crippen LogP contribution in [0.4, 0.5) is 4.79 Å². The van der Waals surface area contributed by atoms with E-state index in [0.717, 1.165) is 0 Å². The van der Waals surface area contributed by atoms with Crippen molar-refractivity contribution in [2.75, 3.05) is 13.7 Å². The highest BCUT2D eigenvalue weighted by atomic mass is 16.6. The van der Waals surface area contributed by atoms with Gasteiger partial charge in [-0.25, -0.2) is 9.59 Å². The normalized spacial score (nSPS) is 22.5. The molecule has 1 heterocycles. The predicted octanol–water partition coefficient (Wildman–Crippen LogP) is 0.991. The third-order valence-corrected chi connectivity index (χ3v) is 3.33. The third-order valence-electron chi connectivity index (χ3n) is 3.33. The summed E-state index contributed by atoms with van der Waals surface area (Å²) in [7, 11) is 1.23. The monoisotopic (exact) mass is 312 g/mol. The number of carbonyl (C=O) groups is 3. The molecule has 0 bridgehead atoms. The first-order chi connectivity index (χ1) is 10.2. The first-order valence-electron chi connectivity index (χ1n) is 7.15. The van der Waals surface area contributed by atoms with E-state index in [1.54, 1.807) is 26.8 Å². The van der Waals surface area contributed by atoms with Gasteiger partial charge in [-0.15, -0.1) is 6.58 Å². The van der Waals surface area contributed by atoms with Gasteiger partial charge in [-0.2, -0.15) is 0 Å². The molecule has 7 nitrogen and oxygen atoms in total. The van der Waals surface area contributed by atoms with Gasteiger partial charge in [-0.05, 0) is 27.2 Å². The maximum Gasteiger partial charge on any atom is 0.408 e. The summed E-state index contributed by atoms with van der Waals surface area (Å²) in [5.41, 5.74) is -0.681. The molecule has 22 heavy (non-hydrogen) atoms. The van der Waals surface area contributed by atoms with Gasteiger partial charge in [0.25, 0.3) is 0 Å². The van der Waals surface area contributed by atoms with E-state index < -0.39 is 29.6 Å². The highest BCUT2D eigenvalue weighted by Gasteiger charge is 2.37. The fourth-order valence-electron chi connectivity index (χ4n) is 2.28. The number of alkyl carbamates (subject to hydrolysis) is 1. The molecule has 2 amide bonds. The quantitative estimate of drug-likeness (QED) is 0.583. The van der Waals surface area contributed by atoms with E-state index in [2.05, 4.69) is 17.2 Å². The fourth-order valence-corrected chi connectivity index (χ4v) is 2.28. The molecular weight excluding hydrogens is 288 g/mol. The van der Waals surface area contributed by atoms with Gasteiger partial charge in [0.2, 0.25) is 5.91 Å². The number of ether oxygens (including phenoxy) is 2. The van der Waals surface area contributed by atoms with Crippen molar-refractivity contribution in [2.24, 2.45) is 11.8 Å². The van der Waals surface area contributed by atoms with E-state index in [-0.39, 0.29) is 18.2 Å². The molecule has 1 rings (SSSR count). The summed E-state index contributed by atoms with van der Waals surface area (Å²) in [6.45, 7) is 9.33. The van der Waals surface area contributed by atoms with Crippen molar-refractivity contribution in [3.63, 3.8) is 0 Å². The standard InChI is InChI=1S/C15H24N2O5/c1-6-9-8-16-12(18)10(9)7-11(13(19)21-5)17-14(20)22-15(2,3)4/h6,9-11H,1,7-8H2,2-5H3,(H,16,18)(H,17,20)/t9-,10-,11+/m1/s1. The number of nitrogens with one attached hydrogen (secondary N) is 2. The lowest BCUT2D eigenvalue weighted by Gasteiger charge is -2.24. The Bertz CT molecular complexity index is 455. The lowest BCUT2D eigenvalue weighted by Crippen LogP contribution is -2.46. The van der Waals surface area contributed by atoms with Crippen molar-refractivity contribution in [1.82, 2.24) is 10.6 Å². The molecule has 0 saturated carbocycles. The Labute approximate surface area is 130 Å². The number of esters is 1. The molecule has 0 radical (unpaired) electrons. The highest BCUT2D eigenvalue weighted by molar-refractivity contribution is 5.85. The fraction of sp³-hybridized carbons (Fsp3) is 0.667. The zero-order chi connectivity index (χ0) is 16.9. The second-order valence-electron chi connectivity index (χ2n) is 6.21. The molecule has 1 fully saturated rings. The SMILES string of the molecule is C=C[C@@H]1CNC(=O)[C@@H]1C[C@H](NC(=O)OC(C)(C)C)C(=O)OC. The zero-order valence-corrected chi connectivity index (χ0v) is 13.5. The van der Waals surface area contributed by atoms with Gasteiger partial charge in [-0.1, -0.05) is 6.08 Å². The van der Waals surface area contributed by atoms with Crippen LogP contribution in [0.25, 0.3) is 0 Å². The maximum atomic E-state index is 11.9. The predicted molar refractivity (Wildman–Crippen MR) is 80.0 cm³/mol. The van der Waals surface area contributed by atoms with E-state index >= 15 is 0 Å². The van der Waals surface area contributed by atoms with Gasteiger partial charge in [0.1, 0.15) is 11.6 Å². The minimum absolute atomic E-state index is 0.0832. The lowest BCUT2D eigenvalue weighted by molar-refractivity contribution is -0.143. The average Bonchev–Trinajstić information content (AvgIpc) is 2.75. The van der Waals surface area contributed by atoms with Crippen LogP contribution in [0.3, 0.4) is 0 Å². The third kappa shape index (κ3) is 5.05. The van der Waals surface area contributed by atoms with Gasteiger partial charge in [-0.3, -0.25) is 4.79 Å². The molecule has 0 aromatic heterocycles. The van der Waals surface area contributed by atoms with Gasteiger partial charge in [0.15, 0.2) is 0 Å². The molecule has 0 unspecified atom stereocenters. The maximum absolute atomic E-state index is 11.9. The molecule has 0 aliphatic carbocycles. The molecule has 1 aliphatic rings. The molecule has 3 atom stereocenters. The summed E-state index contributed by atoms with van der Waals surface area (Å²) in [5, 5.41) is 5.18. The van der Waals surface area contributed by atoms with Gasteiger partial charge >= 0.3 is 12.1 Å². The van der Waals surface area contributed by atoms with E-state index in [0.29, 0.717) is 6.54 Å². The second-order valence-corrected chi connectivity index (χ2v) is 6.21. The smallest absolute Gasteiger partial charge is 0.408 e. The number of hydrogen-bond acceptors (Lipinski definition) is 5. The first-order valence-corrected chi connectivity index (χ1v) is 7.15. The van der Waals surface area contributed by atoms with Crippen LogP contribution in [0.2, 0.25) is 0 Å². The Morgan fingerprint density at radius 2 is 2.14 bits per heavy atom. The zero-order valence-electron chi connectivity index (χ0n) is 13.5. The van der Waals surface area contributed by atoms with E-state index in [9.17, 15) is 14.4 Å². The molecule has 2 N–H and O–H groups in total. The summed E-state index contributed by atoms with van der Waals surface area (Å²) in [6, 6.07) is -0.948. The van der Waals surface area contributed by atoms with E-state index in [1.807, 2.05) is 0 Å². The number of hydrogen-bond donors (Lipinski definition) is 2. The summed E-state index contributed by atoms with van der Waals surface area (Å²) >= 11 is 0. The largest absolute Gasteiger partial charge is 0.467 e. The van der Waals surface area contributed by atoms with Crippen LogP contribution < -0.4 is 10.6 Å². The Hall–Kier alpha value is -2.05. The number of carbonyl (C=O) groups excluding carboxylic acids is 3. The van der Waals surface area contributed by atoms with Crippen molar-refractivity contribution in [3.05, 3.63) is 12.7 Å². The molecule has 0 aromatic rings. The summed E-state index contributed by atoms with van der Waals surface area (Å²) in [6.07, 6.45) is 1.08. The molecule has 1 saturated heterocycles. The highest BCUT2D eigenvalue weighted by Crippen LogP contribution is 2.24. The Kier molecular flexibility index (Phi) is 5.96. The Morgan fingerprint density at radius 1 is 1.50 bits per heavy atom. The topological polar surface area (TPSA) is 93.7 Å². The average molecular weight is 312 g/mol. The van der Waals surface area contributed by atoms with Crippen LogP contribution in [0.15, 0.2) is 12.7 Å². The van der Waals surface area contributed by atoms with Gasteiger partial charge in [0, 0.05) is 18.4 Å². The summed E-state index contributed by atoms with van der Waals surface area (Å²) < 4.78 is 9.82. The van der Waals surface area contributed by atoms with Crippen molar-refractivity contribution in [2.45, 2.75) is 38.8 Å². The van der Waals surface area contributed by atoms with E-state index in [1.165, 1.54) is 7.11 Å². The molecular formula is C15H24N2O5. The van der Waals surface area contributed by atoms with E-state index in [4.69, 9.17) is 9.47 Å². The van der Waals surface area contributed by atoms with Crippen molar-refractivity contribution in [1.29, 1.82) is 0 Å². The van der Waals surface area contributed by atoms with Crippen molar-refractivity contribution < 1.29 is 23.9 Å². The summed E-state index contributed by atoms with van der Waals surface area (Å²) in [4.78, 5) is 35.5.